The largest absolute Gasteiger partial charge is 0.434 e. The third-order valence-corrected chi connectivity index (χ3v) is 6.49. The summed E-state index contributed by atoms with van der Waals surface area (Å²) >= 11 is 5.76. The summed E-state index contributed by atoms with van der Waals surface area (Å²) in [5.41, 5.74) is -1.90. The Hall–Kier alpha value is -2.15. The lowest BCUT2D eigenvalue weighted by Gasteiger charge is -2.26. The molecule has 164 valence electrons. The molecular formula is C17H18ClF3N4O4S. The molecule has 30 heavy (non-hydrogen) atoms. The molecule has 1 N–H and O–H groups in total. The average molecular weight is 467 g/mol. The Morgan fingerprint density at radius 1 is 1.20 bits per heavy atom. The fourth-order valence-corrected chi connectivity index (χ4v) is 4.36. The number of benzene rings is 1. The summed E-state index contributed by atoms with van der Waals surface area (Å²) in [6.45, 7) is 0.585. The van der Waals surface area contributed by atoms with E-state index in [1.54, 1.807) is 0 Å². The number of halogens is 4. The average Bonchev–Trinajstić information content (AvgIpc) is 3.15. The van der Waals surface area contributed by atoms with Crippen LogP contribution < -0.4 is 5.32 Å². The van der Waals surface area contributed by atoms with Crippen molar-refractivity contribution >= 4 is 27.5 Å². The zero-order chi connectivity index (χ0) is 21.9. The Morgan fingerprint density at radius 3 is 2.43 bits per heavy atom. The third kappa shape index (κ3) is 5.12. The van der Waals surface area contributed by atoms with Gasteiger partial charge in [-0.2, -0.15) is 22.6 Å². The number of hydrogen-bond donors (Lipinski definition) is 1. The highest BCUT2D eigenvalue weighted by Crippen LogP contribution is 2.33. The van der Waals surface area contributed by atoms with Crippen LogP contribution in [0.25, 0.3) is 5.69 Å². The summed E-state index contributed by atoms with van der Waals surface area (Å²) in [4.78, 5) is 12.4. The minimum absolute atomic E-state index is 0.0701. The Labute approximate surface area is 175 Å². The summed E-state index contributed by atoms with van der Waals surface area (Å²) in [6.07, 6.45) is -4.08. The van der Waals surface area contributed by atoms with Crippen molar-refractivity contribution in [2.24, 2.45) is 0 Å². The molecule has 1 aliphatic rings. The van der Waals surface area contributed by atoms with Crippen LogP contribution in [0.4, 0.5) is 13.2 Å². The predicted octanol–water partition coefficient (Wildman–Crippen LogP) is 1.94. The number of nitrogens with zero attached hydrogens (tertiary/aromatic N) is 3. The standard InChI is InChI=1S/C17H18ClF3N4O4S/c18-12-1-3-13(4-2-12)25-15(17(19,20)21)14(11-23-25)16(26)22-5-10-30(27,28)24-6-8-29-9-7-24/h1-4,11H,5-10H2,(H,22,26). The lowest BCUT2D eigenvalue weighted by Crippen LogP contribution is -2.43. The van der Waals surface area contributed by atoms with Crippen LogP contribution in [0.2, 0.25) is 5.02 Å². The van der Waals surface area contributed by atoms with Gasteiger partial charge in [0.2, 0.25) is 10.0 Å². The second-order valence-corrected chi connectivity index (χ2v) is 8.90. The van der Waals surface area contributed by atoms with Crippen LogP contribution in [-0.2, 0) is 20.9 Å². The van der Waals surface area contributed by atoms with Crippen molar-refractivity contribution in [2.45, 2.75) is 6.18 Å². The van der Waals surface area contributed by atoms with E-state index in [9.17, 15) is 26.4 Å². The molecule has 1 aromatic carbocycles. The van der Waals surface area contributed by atoms with Gasteiger partial charge >= 0.3 is 6.18 Å². The Morgan fingerprint density at radius 2 is 1.83 bits per heavy atom. The third-order valence-electron chi connectivity index (χ3n) is 4.36. The number of alkyl halides is 3. The van der Waals surface area contributed by atoms with E-state index in [0.717, 1.165) is 6.20 Å². The highest BCUT2D eigenvalue weighted by Gasteiger charge is 2.40. The van der Waals surface area contributed by atoms with Crippen LogP contribution in [0.3, 0.4) is 0 Å². The number of morpholine rings is 1. The number of aromatic nitrogens is 2. The van der Waals surface area contributed by atoms with Gasteiger partial charge in [0.25, 0.3) is 5.91 Å². The summed E-state index contributed by atoms with van der Waals surface area (Å²) < 4.78 is 72.3. The number of carbonyl (C=O) groups excluding carboxylic acids is 1. The number of nitrogens with one attached hydrogen (secondary N) is 1. The summed E-state index contributed by atoms with van der Waals surface area (Å²) in [6, 6.07) is 5.46. The molecule has 0 radical (unpaired) electrons. The molecule has 13 heteroatoms. The number of sulfonamides is 1. The molecule has 1 aliphatic heterocycles. The monoisotopic (exact) mass is 466 g/mol. The molecule has 0 bridgehead atoms. The molecular weight excluding hydrogens is 449 g/mol. The lowest BCUT2D eigenvalue weighted by atomic mass is 10.2. The minimum atomic E-state index is -4.87. The van der Waals surface area contributed by atoms with Gasteiger partial charge in [0.15, 0.2) is 5.69 Å². The Balaban J connectivity index is 1.75. The summed E-state index contributed by atoms with van der Waals surface area (Å²) in [5.74, 6) is -1.51. The SMILES string of the molecule is O=C(NCCS(=O)(=O)N1CCOCC1)c1cnn(-c2ccc(Cl)cc2)c1C(F)(F)F. The Bertz CT molecular complexity index is 1000. The van der Waals surface area contributed by atoms with Crippen molar-refractivity contribution in [2.75, 3.05) is 38.6 Å². The summed E-state index contributed by atoms with van der Waals surface area (Å²) in [7, 11) is -3.66. The van der Waals surface area contributed by atoms with Crippen LogP contribution >= 0.6 is 11.6 Å². The van der Waals surface area contributed by atoms with E-state index < -0.39 is 39.1 Å². The maximum absolute atomic E-state index is 13.6. The van der Waals surface area contributed by atoms with Crippen LogP contribution in [0, 0.1) is 0 Å². The van der Waals surface area contributed by atoms with Gasteiger partial charge in [-0.15, -0.1) is 0 Å². The van der Waals surface area contributed by atoms with Gasteiger partial charge in [0.05, 0.1) is 36.4 Å². The number of hydrogen-bond acceptors (Lipinski definition) is 5. The number of amides is 1. The summed E-state index contributed by atoms with van der Waals surface area (Å²) in [5, 5.41) is 6.25. The first-order chi connectivity index (χ1) is 14.1. The van der Waals surface area contributed by atoms with Crippen molar-refractivity contribution in [3.63, 3.8) is 0 Å². The molecule has 1 amide bonds. The fourth-order valence-electron chi connectivity index (χ4n) is 2.91. The van der Waals surface area contributed by atoms with Gasteiger partial charge in [-0.1, -0.05) is 11.6 Å². The van der Waals surface area contributed by atoms with E-state index in [1.165, 1.54) is 28.6 Å². The van der Waals surface area contributed by atoms with Gasteiger partial charge in [0, 0.05) is 24.7 Å². The van der Waals surface area contributed by atoms with Crippen LogP contribution in [0.15, 0.2) is 30.5 Å². The fraction of sp³-hybridized carbons (Fsp3) is 0.412. The molecule has 2 aromatic rings. The van der Waals surface area contributed by atoms with E-state index >= 15 is 0 Å². The van der Waals surface area contributed by atoms with Crippen LogP contribution in [-0.4, -0.2) is 67.0 Å². The molecule has 1 fully saturated rings. The molecule has 1 saturated heterocycles. The molecule has 2 heterocycles. The highest BCUT2D eigenvalue weighted by molar-refractivity contribution is 7.89. The molecule has 0 spiro atoms. The van der Waals surface area contributed by atoms with Gasteiger partial charge < -0.3 is 10.1 Å². The van der Waals surface area contributed by atoms with E-state index in [-0.39, 0.29) is 38.5 Å². The van der Waals surface area contributed by atoms with E-state index in [2.05, 4.69) is 10.4 Å². The van der Waals surface area contributed by atoms with Gasteiger partial charge in [0.1, 0.15) is 0 Å². The molecule has 3 rings (SSSR count). The maximum Gasteiger partial charge on any atom is 0.434 e. The van der Waals surface area contributed by atoms with Gasteiger partial charge in [-0.05, 0) is 24.3 Å². The quantitative estimate of drug-likeness (QED) is 0.702. The van der Waals surface area contributed by atoms with Crippen molar-refractivity contribution in [3.05, 3.63) is 46.7 Å². The zero-order valence-corrected chi connectivity index (χ0v) is 17.1. The number of ether oxygens (including phenoxy) is 1. The predicted molar refractivity (Wildman–Crippen MR) is 102 cm³/mol. The van der Waals surface area contributed by atoms with Crippen molar-refractivity contribution in [3.8, 4) is 5.69 Å². The van der Waals surface area contributed by atoms with Crippen molar-refractivity contribution < 1.29 is 31.1 Å². The van der Waals surface area contributed by atoms with E-state index in [1.807, 2.05) is 0 Å². The second-order valence-electron chi connectivity index (χ2n) is 6.38. The second kappa shape index (κ2) is 8.92. The molecule has 0 unspecified atom stereocenters. The highest BCUT2D eigenvalue weighted by atomic mass is 35.5. The smallest absolute Gasteiger partial charge is 0.379 e. The first-order valence-electron chi connectivity index (χ1n) is 8.84. The molecule has 8 nitrogen and oxygen atoms in total. The zero-order valence-electron chi connectivity index (χ0n) is 15.5. The van der Waals surface area contributed by atoms with E-state index in [0.29, 0.717) is 9.70 Å². The maximum atomic E-state index is 13.6. The van der Waals surface area contributed by atoms with Crippen molar-refractivity contribution in [1.29, 1.82) is 0 Å². The van der Waals surface area contributed by atoms with Crippen LogP contribution in [0.5, 0.6) is 0 Å². The number of carbonyl (C=O) groups is 1. The number of rotatable bonds is 6. The lowest BCUT2D eigenvalue weighted by molar-refractivity contribution is -0.143. The molecule has 1 aromatic heterocycles. The van der Waals surface area contributed by atoms with E-state index in [4.69, 9.17) is 16.3 Å². The molecule has 0 saturated carbocycles. The van der Waals surface area contributed by atoms with Gasteiger partial charge in [-0.25, -0.2) is 13.1 Å². The Kier molecular flexibility index (Phi) is 6.70. The molecule has 0 atom stereocenters. The van der Waals surface area contributed by atoms with Gasteiger partial charge in [-0.3, -0.25) is 4.79 Å². The topological polar surface area (TPSA) is 93.5 Å². The van der Waals surface area contributed by atoms with Crippen LogP contribution in [0.1, 0.15) is 16.1 Å². The first kappa shape index (κ1) is 22.5. The normalized spacial score (nSPS) is 15.9. The first-order valence-corrected chi connectivity index (χ1v) is 10.8. The minimum Gasteiger partial charge on any atom is -0.379 e. The molecule has 0 aliphatic carbocycles. The van der Waals surface area contributed by atoms with Crippen molar-refractivity contribution in [1.82, 2.24) is 19.4 Å².